The molecule has 0 amide bonds. The summed E-state index contributed by atoms with van der Waals surface area (Å²) in [6.45, 7) is 0.684. The van der Waals surface area contributed by atoms with Crippen LogP contribution in [0.25, 0.3) is 0 Å². The molecule has 2 rings (SSSR count). The molecule has 2 aromatic carbocycles. The van der Waals surface area contributed by atoms with E-state index < -0.39 is 20.0 Å². The maximum Gasteiger partial charge on any atom is 0.658 e. The standard InChI is InChI=1S/C18H24BN2O6S2/c1-28(22,23)20-13-11-15-3-7-17(8-4-15)26-19-27-18-9-5-16(6-10-18)12-14-21-29(2,24)25/h3-10,20-21H,11-14H2,1-2H3. The molecule has 8 nitrogen and oxygen atoms in total. The lowest BCUT2D eigenvalue weighted by molar-refractivity contribution is 0.459. The van der Waals surface area contributed by atoms with Gasteiger partial charge in [-0.25, -0.2) is 26.3 Å². The summed E-state index contributed by atoms with van der Waals surface area (Å²) in [5.74, 6) is 1.18. The van der Waals surface area contributed by atoms with E-state index >= 15 is 0 Å². The summed E-state index contributed by atoms with van der Waals surface area (Å²) >= 11 is 0. The van der Waals surface area contributed by atoms with Crippen LogP contribution in [0.1, 0.15) is 11.1 Å². The highest BCUT2D eigenvalue weighted by Crippen LogP contribution is 2.15. The smallest absolute Gasteiger partial charge is 0.526 e. The molecule has 29 heavy (non-hydrogen) atoms. The van der Waals surface area contributed by atoms with Gasteiger partial charge in [0.25, 0.3) is 0 Å². The highest BCUT2D eigenvalue weighted by atomic mass is 32.2. The molecule has 2 aromatic rings. The molecule has 11 heteroatoms. The minimum absolute atomic E-state index is 0.342. The quantitative estimate of drug-likeness (QED) is 0.475. The molecule has 0 fully saturated rings. The number of benzene rings is 2. The third-order valence-corrected chi connectivity index (χ3v) is 5.23. The van der Waals surface area contributed by atoms with Crippen LogP contribution in [-0.2, 0) is 32.9 Å². The van der Waals surface area contributed by atoms with Crippen LogP contribution in [0.5, 0.6) is 11.5 Å². The highest BCUT2D eigenvalue weighted by Gasteiger charge is 2.04. The monoisotopic (exact) mass is 439 g/mol. The summed E-state index contributed by atoms with van der Waals surface area (Å²) in [6.07, 6.45) is 3.42. The normalized spacial score (nSPS) is 11.8. The fourth-order valence-electron chi connectivity index (χ4n) is 2.37. The van der Waals surface area contributed by atoms with Gasteiger partial charge in [-0.05, 0) is 48.2 Å². The Morgan fingerprint density at radius 3 is 1.34 bits per heavy atom. The zero-order valence-corrected chi connectivity index (χ0v) is 17.9. The van der Waals surface area contributed by atoms with Crippen LogP contribution in [-0.4, -0.2) is 50.1 Å². The van der Waals surface area contributed by atoms with Crippen LogP contribution in [0.15, 0.2) is 48.5 Å². The minimum Gasteiger partial charge on any atom is -0.526 e. The van der Waals surface area contributed by atoms with Crippen LogP contribution < -0.4 is 18.8 Å². The van der Waals surface area contributed by atoms with Gasteiger partial charge in [0.1, 0.15) is 11.5 Å². The van der Waals surface area contributed by atoms with E-state index in [9.17, 15) is 16.8 Å². The number of hydrogen-bond acceptors (Lipinski definition) is 6. The first-order chi connectivity index (χ1) is 13.6. The second-order valence-corrected chi connectivity index (χ2v) is 10.1. The summed E-state index contributed by atoms with van der Waals surface area (Å²) in [4.78, 5) is 0. The summed E-state index contributed by atoms with van der Waals surface area (Å²) in [5, 5.41) is 0. The van der Waals surface area contributed by atoms with Gasteiger partial charge in [-0.2, -0.15) is 0 Å². The number of hydrogen-bond donors (Lipinski definition) is 2. The van der Waals surface area contributed by atoms with Gasteiger partial charge in [0.05, 0.1) is 12.5 Å². The zero-order valence-electron chi connectivity index (χ0n) is 16.3. The lowest BCUT2D eigenvalue weighted by Gasteiger charge is -2.08. The van der Waals surface area contributed by atoms with Crippen molar-refractivity contribution in [2.75, 3.05) is 25.6 Å². The van der Waals surface area contributed by atoms with Crippen molar-refractivity contribution >= 4 is 27.7 Å². The maximum absolute atomic E-state index is 11.0. The van der Waals surface area contributed by atoms with Crippen LogP contribution in [0.2, 0.25) is 0 Å². The molecule has 0 spiro atoms. The highest BCUT2D eigenvalue weighted by molar-refractivity contribution is 7.89. The van der Waals surface area contributed by atoms with E-state index in [-0.39, 0.29) is 0 Å². The Morgan fingerprint density at radius 2 is 1.03 bits per heavy atom. The molecule has 0 atom stereocenters. The van der Waals surface area contributed by atoms with Crippen molar-refractivity contribution in [2.24, 2.45) is 0 Å². The lowest BCUT2D eigenvalue weighted by atomic mass is 10.1. The van der Waals surface area contributed by atoms with Gasteiger partial charge in [-0.3, -0.25) is 0 Å². The van der Waals surface area contributed by atoms with Gasteiger partial charge >= 0.3 is 7.69 Å². The number of sulfonamides is 2. The van der Waals surface area contributed by atoms with Crippen molar-refractivity contribution in [3.63, 3.8) is 0 Å². The summed E-state index contributed by atoms with van der Waals surface area (Å²) in [5.41, 5.74) is 1.96. The molecule has 0 aliphatic rings. The Hall–Kier alpha value is -2.08. The molecule has 1 radical (unpaired) electrons. The molecule has 0 unspecified atom stereocenters. The molecule has 2 N–H and O–H groups in total. The molecule has 0 aliphatic heterocycles. The van der Waals surface area contributed by atoms with Gasteiger partial charge in [-0.15, -0.1) is 0 Å². The second kappa shape index (κ2) is 10.6. The second-order valence-electron chi connectivity index (χ2n) is 6.45. The van der Waals surface area contributed by atoms with E-state index in [0.29, 0.717) is 37.4 Å². The van der Waals surface area contributed by atoms with Crippen LogP contribution in [0.3, 0.4) is 0 Å². The molecular formula is C18H24BN2O6S2. The third-order valence-electron chi connectivity index (χ3n) is 3.77. The molecule has 157 valence electrons. The SMILES string of the molecule is CS(=O)(=O)NCCc1ccc(O[B]Oc2ccc(CCNS(C)(=O)=O)cc2)cc1. The van der Waals surface area contributed by atoms with Gasteiger partial charge in [0.2, 0.25) is 20.0 Å². The summed E-state index contributed by atoms with van der Waals surface area (Å²) in [7, 11) is -5.13. The van der Waals surface area contributed by atoms with Crippen LogP contribution in [0.4, 0.5) is 0 Å². The average molecular weight is 439 g/mol. The number of nitrogens with one attached hydrogen (secondary N) is 2. The minimum atomic E-state index is -3.18. The number of rotatable bonds is 12. The Balaban J connectivity index is 1.71. The predicted molar refractivity (Wildman–Crippen MR) is 113 cm³/mol. The Kier molecular flexibility index (Phi) is 8.51. The van der Waals surface area contributed by atoms with Crippen molar-refractivity contribution < 1.29 is 26.1 Å². The van der Waals surface area contributed by atoms with Gasteiger partial charge in [-0.1, -0.05) is 24.3 Å². The maximum atomic E-state index is 11.0. The first-order valence-electron chi connectivity index (χ1n) is 8.83. The summed E-state index contributed by atoms with van der Waals surface area (Å²) in [6, 6.07) is 14.5. The van der Waals surface area contributed by atoms with Crippen molar-refractivity contribution in [1.82, 2.24) is 9.44 Å². The molecule has 0 saturated heterocycles. The molecule has 0 saturated carbocycles. The fourth-order valence-corrected chi connectivity index (χ4v) is 3.31. The van der Waals surface area contributed by atoms with E-state index in [1.807, 2.05) is 24.3 Å². The summed E-state index contributed by atoms with van der Waals surface area (Å²) < 4.78 is 59.9. The average Bonchev–Trinajstić information content (AvgIpc) is 2.62. The van der Waals surface area contributed by atoms with Crippen molar-refractivity contribution in [3.05, 3.63) is 59.7 Å². The first kappa shape index (κ1) is 23.2. The molecular weight excluding hydrogens is 415 g/mol. The van der Waals surface area contributed by atoms with Crippen LogP contribution in [0, 0.1) is 0 Å². The van der Waals surface area contributed by atoms with Crippen molar-refractivity contribution in [3.8, 4) is 11.5 Å². The third kappa shape index (κ3) is 10.3. The predicted octanol–water partition coefficient (Wildman–Crippen LogP) is 0.862. The fraction of sp³-hybridized carbons (Fsp3) is 0.333. The Labute approximate surface area is 173 Å². The largest absolute Gasteiger partial charge is 0.658 e. The van der Waals surface area contributed by atoms with Crippen molar-refractivity contribution in [1.29, 1.82) is 0 Å². The van der Waals surface area contributed by atoms with E-state index in [1.165, 1.54) is 7.69 Å². The molecule has 0 aliphatic carbocycles. The van der Waals surface area contributed by atoms with E-state index in [1.54, 1.807) is 24.3 Å². The van der Waals surface area contributed by atoms with Gasteiger partial charge < -0.3 is 9.31 Å². The first-order valence-corrected chi connectivity index (χ1v) is 12.6. The molecule has 0 heterocycles. The molecule has 0 bridgehead atoms. The van der Waals surface area contributed by atoms with E-state index in [0.717, 1.165) is 23.6 Å². The lowest BCUT2D eigenvalue weighted by Crippen LogP contribution is -2.24. The van der Waals surface area contributed by atoms with E-state index in [4.69, 9.17) is 9.31 Å². The van der Waals surface area contributed by atoms with Gasteiger partial charge in [0.15, 0.2) is 0 Å². The van der Waals surface area contributed by atoms with Gasteiger partial charge in [0, 0.05) is 13.1 Å². The Morgan fingerprint density at radius 1 is 0.690 bits per heavy atom. The van der Waals surface area contributed by atoms with Crippen LogP contribution >= 0.6 is 0 Å². The zero-order chi connectivity index (χ0) is 21.3. The van der Waals surface area contributed by atoms with Crippen molar-refractivity contribution in [2.45, 2.75) is 12.8 Å². The van der Waals surface area contributed by atoms with E-state index in [2.05, 4.69) is 9.44 Å². The molecule has 0 aromatic heterocycles. The topological polar surface area (TPSA) is 111 Å². The Bertz CT molecular complexity index is 897.